The molecule has 0 atom stereocenters. The van der Waals surface area contributed by atoms with Crippen LogP contribution in [-0.2, 0) is 11.3 Å². The summed E-state index contributed by atoms with van der Waals surface area (Å²) in [6, 6.07) is 9.73. The Hall–Kier alpha value is -2.80. The third kappa shape index (κ3) is 5.13. The Morgan fingerprint density at radius 3 is 2.33 bits per heavy atom. The maximum Gasteiger partial charge on any atom is 0.356 e. The normalized spacial score (nSPS) is 11.1. The number of aromatic carboxylic acids is 1. The van der Waals surface area contributed by atoms with Gasteiger partial charge in [-0.05, 0) is 19.4 Å². The number of amides is 1. The van der Waals surface area contributed by atoms with Crippen molar-refractivity contribution in [3.63, 3.8) is 0 Å². The first-order chi connectivity index (χ1) is 11.4. The van der Waals surface area contributed by atoms with Gasteiger partial charge in [0.15, 0.2) is 5.69 Å². The topological polar surface area (TPSA) is 101 Å². The second-order valence-corrected chi connectivity index (χ2v) is 5.91. The number of rotatable bonds is 7. The highest BCUT2D eigenvalue weighted by Crippen LogP contribution is 2.08. The van der Waals surface area contributed by atoms with Crippen LogP contribution < -0.4 is 5.32 Å². The van der Waals surface area contributed by atoms with Crippen molar-refractivity contribution < 1.29 is 19.4 Å². The van der Waals surface area contributed by atoms with Crippen molar-refractivity contribution in [1.82, 2.24) is 15.3 Å². The van der Waals surface area contributed by atoms with Gasteiger partial charge in [0.05, 0.1) is 31.1 Å². The van der Waals surface area contributed by atoms with Crippen molar-refractivity contribution >= 4 is 11.9 Å². The Kier molecular flexibility index (Phi) is 5.59. The lowest BCUT2D eigenvalue weighted by atomic mass is 10.1. The lowest BCUT2D eigenvalue weighted by molar-refractivity contribution is 0.0612. The number of carbonyl (C=O) groups is 2. The third-order valence-electron chi connectivity index (χ3n) is 3.13. The smallest absolute Gasteiger partial charge is 0.356 e. The van der Waals surface area contributed by atoms with E-state index in [4.69, 9.17) is 9.84 Å². The average molecular weight is 329 g/mol. The van der Waals surface area contributed by atoms with Gasteiger partial charge in [-0.15, -0.1) is 0 Å². The molecule has 1 aromatic carbocycles. The van der Waals surface area contributed by atoms with E-state index < -0.39 is 17.4 Å². The van der Waals surface area contributed by atoms with E-state index >= 15 is 0 Å². The summed E-state index contributed by atoms with van der Waals surface area (Å²) in [5.74, 6) is -1.63. The zero-order valence-electron chi connectivity index (χ0n) is 13.5. The van der Waals surface area contributed by atoms with Gasteiger partial charge >= 0.3 is 5.97 Å². The van der Waals surface area contributed by atoms with Gasteiger partial charge in [0.1, 0.15) is 5.69 Å². The number of benzene rings is 1. The van der Waals surface area contributed by atoms with Crippen LogP contribution in [0, 0.1) is 0 Å². The van der Waals surface area contributed by atoms with E-state index in [-0.39, 0.29) is 11.4 Å². The van der Waals surface area contributed by atoms with Gasteiger partial charge in [0.2, 0.25) is 0 Å². The first-order valence-corrected chi connectivity index (χ1v) is 7.37. The van der Waals surface area contributed by atoms with E-state index in [2.05, 4.69) is 15.3 Å². The minimum absolute atomic E-state index is 0.0520. The molecule has 0 aliphatic rings. The SMILES string of the molecule is CC(C)(COCc1ccccc1)NC(=O)c1cnc(C(=O)O)cn1. The molecular weight excluding hydrogens is 310 g/mol. The largest absolute Gasteiger partial charge is 0.476 e. The lowest BCUT2D eigenvalue weighted by Crippen LogP contribution is -2.47. The number of carboxylic acid groups (broad SMARTS) is 1. The summed E-state index contributed by atoms with van der Waals surface area (Å²) < 4.78 is 5.64. The van der Waals surface area contributed by atoms with E-state index in [0.29, 0.717) is 13.2 Å². The molecule has 2 rings (SSSR count). The first-order valence-electron chi connectivity index (χ1n) is 7.37. The van der Waals surface area contributed by atoms with Crippen LogP contribution in [0.3, 0.4) is 0 Å². The molecule has 0 fully saturated rings. The summed E-state index contributed by atoms with van der Waals surface area (Å²) in [5.41, 5.74) is 0.279. The number of carboxylic acids is 1. The van der Waals surface area contributed by atoms with E-state index in [1.807, 2.05) is 44.2 Å². The molecule has 0 saturated heterocycles. The maximum absolute atomic E-state index is 12.2. The van der Waals surface area contributed by atoms with Crippen molar-refractivity contribution in [1.29, 1.82) is 0 Å². The molecule has 2 aromatic rings. The molecule has 7 heteroatoms. The zero-order valence-corrected chi connectivity index (χ0v) is 13.5. The summed E-state index contributed by atoms with van der Waals surface area (Å²) in [5, 5.41) is 11.6. The van der Waals surface area contributed by atoms with Gasteiger partial charge in [0.25, 0.3) is 5.91 Å². The molecule has 1 aromatic heterocycles. The molecule has 2 N–H and O–H groups in total. The molecule has 0 bridgehead atoms. The Bertz CT molecular complexity index is 700. The molecule has 126 valence electrons. The van der Waals surface area contributed by atoms with Crippen LogP contribution in [0.4, 0.5) is 0 Å². The number of hydrogen-bond donors (Lipinski definition) is 2. The van der Waals surface area contributed by atoms with E-state index in [9.17, 15) is 9.59 Å². The van der Waals surface area contributed by atoms with Crippen molar-refractivity contribution in [3.05, 3.63) is 59.7 Å². The summed E-state index contributed by atoms with van der Waals surface area (Å²) >= 11 is 0. The van der Waals surface area contributed by atoms with Crippen LogP contribution in [0.15, 0.2) is 42.7 Å². The van der Waals surface area contributed by atoms with Gasteiger partial charge in [-0.3, -0.25) is 4.79 Å². The van der Waals surface area contributed by atoms with E-state index in [1.165, 1.54) is 0 Å². The highest BCUT2D eigenvalue weighted by molar-refractivity contribution is 5.93. The van der Waals surface area contributed by atoms with Crippen molar-refractivity contribution in [3.8, 4) is 0 Å². The van der Waals surface area contributed by atoms with Crippen LogP contribution in [-0.4, -0.2) is 39.1 Å². The van der Waals surface area contributed by atoms with Crippen LogP contribution >= 0.6 is 0 Å². The molecule has 24 heavy (non-hydrogen) atoms. The summed E-state index contributed by atoms with van der Waals surface area (Å²) in [6.45, 7) is 4.42. The van der Waals surface area contributed by atoms with Gasteiger partial charge < -0.3 is 15.2 Å². The monoisotopic (exact) mass is 329 g/mol. The van der Waals surface area contributed by atoms with E-state index in [1.54, 1.807) is 0 Å². The zero-order chi connectivity index (χ0) is 17.6. The summed E-state index contributed by atoms with van der Waals surface area (Å²) in [7, 11) is 0. The Morgan fingerprint density at radius 2 is 1.75 bits per heavy atom. The number of nitrogens with one attached hydrogen (secondary N) is 1. The fraction of sp³-hybridized carbons (Fsp3) is 0.294. The number of aromatic nitrogens is 2. The van der Waals surface area contributed by atoms with Gasteiger partial charge in [-0.25, -0.2) is 14.8 Å². The van der Waals surface area contributed by atoms with Crippen molar-refractivity contribution in [2.24, 2.45) is 0 Å². The predicted molar refractivity (Wildman–Crippen MR) is 86.6 cm³/mol. The number of nitrogens with zero attached hydrogens (tertiary/aromatic N) is 2. The Balaban J connectivity index is 1.88. The molecule has 1 amide bonds. The molecule has 1 heterocycles. The predicted octanol–water partition coefficient (Wildman–Crippen LogP) is 1.90. The Labute approximate surface area is 139 Å². The van der Waals surface area contributed by atoms with E-state index in [0.717, 1.165) is 18.0 Å². The fourth-order valence-corrected chi connectivity index (χ4v) is 1.96. The van der Waals surface area contributed by atoms with Crippen molar-refractivity contribution in [2.75, 3.05) is 6.61 Å². The first kappa shape index (κ1) is 17.6. The van der Waals surface area contributed by atoms with Crippen LogP contribution in [0.2, 0.25) is 0 Å². The van der Waals surface area contributed by atoms with Crippen molar-refractivity contribution in [2.45, 2.75) is 26.0 Å². The maximum atomic E-state index is 12.2. The summed E-state index contributed by atoms with van der Waals surface area (Å²) in [4.78, 5) is 30.4. The molecule has 0 saturated carbocycles. The molecule has 0 aliphatic heterocycles. The molecular formula is C17H19N3O4. The molecule has 0 unspecified atom stereocenters. The second kappa shape index (κ2) is 7.65. The van der Waals surface area contributed by atoms with Crippen LogP contribution in [0.5, 0.6) is 0 Å². The lowest BCUT2D eigenvalue weighted by Gasteiger charge is -2.25. The average Bonchev–Trinajstić information content (AvgIpc) is 2.55. The van der Waals surface area contributed by atoms with Gasteiger partial charge in [0, 0.05) is 0 Å². The minimum Gasteiger partial charge on any atom is -0.476 e. The molecule has 0 radical (unpaired) electrons. The highest BCUT2D eigenvalue weighted by atomic mass is 16.5. The Morgan fingerprint density at radius 1 is 1.12 bits per heavy atom. The minimum atomic E-state index is -1.19. The number of hydrogen-bond acceptors (Lipinski definition) is 5. The quantitative estimate of drug-likeness (QED) is 0.804. The standard InChI is InChI=1S/C17H19N3O4/c1-17(2,11-24-10-12-6-4-3-5-7-12)20-15(21)13-8-19-14(9-18-13)16(22)23/h3-9H,10-11H2,1-2H3,(H,20,21)(H,22,23). The fourth-order valence-electron chi connectivity index (χ4n) is 1.96. The summed E-state index contributed by atoms with van der Waals surface area (Å²) in [6.07, 6.45) is 2.19. The van der Waals surface area contributed by atoms with Gasteiger partial charge in [-0.2, -0.15) is 0 Å². The molecule has 0 aliphatic carbocycles. The number of ether oxygens (including phenoxy) is 1. The van der Waals surface area contributed by atoms with Crippen LogP contribution in [0.1, 0.15) is 40.4 Å². The molecule has 7 nitrogen and oxygen atoms in total. The van der Waals surface area contributed by atoms with Gasteiger partial charge in [-0.1, -0.05) is 30.3 Å². The highest BCUT2D eigenvalue weighted by Gasteiger charge is 2.22. The van der Waals surface area contributed by atoms with Crippen LogP contribution in [0.25, 0.3) is 0 Å². The third-order valence-corrected chi connectivity index (χ3v) is 3.13. The molecule has 0 spiro atoms. The second-order valence-electron chi connectivity index (χ2n) is 5.91. The number of carbonyl (C=O) groups excluding carboxylic acids is 1.